The Bertz CT molecular complexity index is 355. The average Bonchev–Trinajstić information content (AvgIpc) is 2.23. The Morgan fingerprint density at radius 1 is 1.33 bits per heavy atom. The van der Waals surface area contributed by atoms with Crippen molar-refractivity contribution in [2.45, 2.75) is 26.4 Å². The van der Waals surface area contributed by atoms with Crippen LogP contribution in [-0.2, 0) is 19.1 Å². The summed E-state index contributed by atoms with van der Waals surface area (Å²) in [6, 6.07) is -0.379. The van der Waals surface area contributed by atoms with E-state index in [2.05, 4.69) is 14.5 Å². The topological polar surface area (TPSA) is 111 Å². The Hall–Kier alpha value is -1.89. The summed E-state index contributed by atoms with van der Waals surface area (Å²) < 4.78 is 9.12. The van der Waals surface area contributed by atoms with Gasteiger partial charge in [0, 0.05) is 12.2 Å². The second-order valence-corrected chi connectivity index (χ2v) is 3.97. The van der Waals surface area contributed by atoms with Crippen LogP contribution >= 0.6 is 0 Å². The van der Waals surface area contributed by atoms with Crippen LogP contribution in [-0.4, -0.2) is 41.8 Å². The first kappa shape index (κ1) is 16.1. The van der Waals surface area contributed by atoms with Gasteiger partial charge in [-0.15, -0.1) is 0 Å². The lowest BCUT2D eigenvalue weighted by atomic mass is 10.1. The van der Waals surface area contributed by atoms with Gasteiger partial charge in [-0.2, -0.15) is 0 Å². The molecule has 102 valence electrons. The number of nitrogens with zero attached hydrogens (tertiary/aromatic N) is 1. The van der Waals surface area contributed by atoms with Crippen LogP contribution in [0.4, 0.5) is 0 Å². The molecule has 0 amide bonds. The van der Waals surface area contributed by atoms with E-state index >= 15 is 0 Å². The normalized spacial score (nSPS) is 12.6. The van der Waals surface area contributed by atoms with Crippen LogP contribution in [0.5, 0.6) is 0 Å². The Labute approximate surface area is 105 Å². The standard InChI is InChI=1S/C11H18N2O5/c1-4-17-8(14)5-6-9(15)18-10(12)13-7-11(2,3)16/h5-6,16H,4,7H2,1-3H3,(H2,12,13)/b6-5+. The predicted octanol–water partition coefficient (Wildman–Crippen LogP) is -0.265. The van der Waals surface area contributed by atoms with Crippen molar-refractivity contribution in [3.8, 4) is 0 Å². The molecule has 0 fully saturated rings. The van der Waals surface area contributed by atoms with Crippen molar-refractivity contribution in [2.75, 3.05) is 13.2 Å². The minimum Gasteiger partial charge on any atom is -0.463 e. The molecule has 0 aliphatic rings. The molecule has 0 heterocycles. The number of aliphatic imine (C=N–C) groups is 1. The highest BCUT2D eigenvalue weighted by Crippen LogP contribution is 2.00. The molecule has 7 nitrogen and oxygen atoms in total. The highest BCUT2D eigenvalue weighted by Gasteiger charge is 2.12. The molecule has 7 heteroatoms. The van der Waals surface area contributed by atoms with Gasteiger partial charge in [0.1, 0.15) is 0 Å². The Morgan fingerprint density at radius 3 is 2.39 bits per heavy atom. The van der Waals surface area contributed by atoms with Gasteiger partial charge < -0.3 is 20.3 Å². The Balaban J connectivity index is 4.20. The van der Waals surface area contributed by atoms with Crippen molar-refractivity contribution in [3.05, 3.63) is 12.2 Å². The number of carbonyl (C=O) groups is 2. The van der Waals surface area contributed by atoms with E-state index in [4.69, 9.17) is 5.73 Å². The van der Waals surface area contributed by atoms with E-state index in [1.54, 1.807) is 6.92 Å². The monoisotopic (exact) mass is 258 g/mol. The molecule has 0 radical (unpaired) electrons. The van der Waals surface area contributed by atoms with Gasteiger partial charge >= 0.3 is 11.9 Å². The summed E-state index contributed by atoms with van der Waals surface area (Å²) in [6.45, 7) is 4.92. The number of esters is 2. The van der Waals surface area contributed by atoms with Crippen molar-refractivity contribution in [3.63, 3.8) is 0 Å². The lowest BCUT2D eigenvalue weighted by Crippen LogP contribution is -2.27. The number of ether oxygens (including phenoxy) is 2. The zero-order chi connectivity index (χ0) is 14.2. The molecule has 0 saturated heterocycles. The first-order valence-electron chi connectivity index (χ1n) is 5.33. The summed E-state index contributed by atoms with van der Waals surface area (Å²) >= 11 is 0. The van der Waals surface area contributed by atoms with E-state index in [9.17, 15) is 14.7 Å². The van der Waals surface area contributed by atoms with Crippen LogP contribution in [0.2, 0.25) is 0 Å². The number of aliphatic hydroxyl groups is 1. The number of rotatable bonds is 5. The molecule has 0 spiro atoms. The van der Waals surface area contributed by atoms with Crippen LogP contribution in [0.1, 0.15) is 20.8 Å². The summed E-state index contributed by atoms with van der Waals surface area (Å²) in [5.41, 5.74) is 4.25. The molecule has 0 unspecified atom stereocenters. The van der Waals surface area contributed by atoms with Gasteiger partial charge in [-0.1, -0.05) is 0 Å². The van der Waals surface area contributed by atoms with E-state index in [1.807, 2.05) is 0 Å². The maximum Gasteiger partial charge on any atom is 0.338 e. The molecule has 0 aromatic rings. The van der Waals surface area contributed by atoms with E-state index in [0.29, 0.717) is 0 Å². The minimum absolute atomic E-state index is 0.00625. The highest BCUT2D eigenvalue weighted by molar-refractivity contribution is 5.96. The third kappa shape index (κ3) is 9.34. The molecule has 0 saturated carbocycles. The molecule has 18 heavy (non-hydrogen) atoms. The smallest absolute Gasteiger partial charge is 0.338 e. The molecule has 0 aliphatic carbocycles. The van der Waals surface area contributed by atoms with Crippen molar-refractivity contribution in [2.24, 2.45) is 10.7 Å². The quantitative estimate of drug-likeness (QED) is 0.304. The van der Waals surface area contributed by atoms with Crippen molar-refractivity contribution in [1.82, 2.24) is 0 Å². The lowest BCUT2D eigenvalue weighted by Gasteiger charge is -2.13. The van der Waals surface area contributed by atoms with E-state index in [0.717, 1.165) is 12.2 Å². The van der Waals surface area contributed by atoms with Gasteiger partial charge in [-0.25, -0.2) is 14.6 Å². The average molecular weight is 258 g/mol. The van der Waals surface area contributed by atoms with Crippen molar-refractivity contribution in [1.29, 1.82) is 0 Å². The summed E-state index contributed by atoms with van der Waals surface area (Å²) in [6.07, 6.45) is 1.81. The third-order valence-electron chi connectivity index (χ3n) is 1.47. The van der Waals surface area contributed by atoms with Gasteiger partial charge in [0.2, 0.25) is 0 Å². The van der Waals surface area contributed by atoms with Crippen LogP contribution in [0, 0.1) is 0 Å². The zero-order valence-corrected chi connectivity index (χ0v) is 10.7. The van der Waals surface area contributed by atoms with Crippen LogP contribution in [0.25, 0.3) is 0 Å². The molecule has 0 aromatic heterocycles. The zero-order valence-electron chi connectivity index (χ0n) is 10.7. The van der Waals surface area contributed by atoms with Crippen molar-refractivity contribution < 1.29 is 24.2 Å². The third-order valence-corrected chi connectivity index (χ3v) is 1.47. The minimum atomic E-state index is -1.04. The molecule has 3 N–H and O–H groups in total. The first-order chi connectivity index (χ1) is 8.24. The van der Waals surface area contributed by atoms with Gasteiger partial charge in [0.15, 0.2) is 0 Å². The molecular formula is C11H18N2O5. The van der Waals surface area contributed by atoms with Gasteiger partial charge in [-0.3, -0.25) is 0 Å². The molecule has 0 bridgehead atoms. The van der Waals surface area contributed by atoms with Crippen LogP contribution < -0.4 is 5.73 Å². The Kier molecular flexibility index (Phi) is 6.66. The van der Waals surface area contributed by atoms with E-state index in [-0.39, 0.29) is 19.2 Å². The fourth-order valence-corrected chi connectivity index (χ4v) is 0.767. The predicted molar refractivity (Wildman–Crippen MR) is 64.7 cm³/mol. The molecule has 0 aromatic carbocycles. The van der Waals surface area contributed by atoms with Gasteiger partial charge in [0.05, 0.1) is 18.8 Å². The molecule has 0 atom stereocenters. The number of hydrogen-bond donors (Lipinski definition) is 2. The SMILES string of the molecule is CCOC(=O)/C=C/C(=O)OC(N)=NCC(C)(C)O. The highest BCUT2D eigenvalue weighted by atomic mass is 16.6. The molecular weight excluding hydrogens is 240 g/mol. The molecule has 0 aliphatic heterocycles. The second-order valence-electron chi connectivity index (χ2n) is 3.97. The van der Waals surface area contributed by atoms with Crippen LogP contribution in [0.3, 0.4) is 0 Å². The van der Waals surface area contributed by atoms with Crippen LogP contribution in [0.15, 0.2) is 17.1 Å². The maximum absolute atomic E-state index is 11.1. The molecule has 0 rings (SSSR count). The lowest BCUT2D eigenvalue weighted by molar-refractivity contribution is -0.138. The van der Waals surface area contributed by atoms with E-state index in [1.165, 1.54) is 13.8 Å². The number of hydrogen-bond acceptors (Lipinski definition) is 6. The second kappa shape index (κ2) is 7.44. The summed E-state index contributed by atoms with van der Waals surface area (Å²) in [5.74, 6) is -1.50. The maximum atomic E-state index is 11.1. The Morgan fingerprint density at radius 2 is 1.89 bits per heavy atom. The fourth-order valence-electron chi connectivity index (χ4n) is 0.767. The number of nitrogens with two attached hydrogens (primary N) is 1. The van der Waals surface area contributed by atoms with Gasteiger partial charge in [-0.05, 0) is 20.8 Å². The number of carbonyl (C=O) groups excluding carboxylic acids is 2. The largest absolute Gasteiger partial charge is 0.463 e. The number of amidine groups is 1. The first-order valence-corrected chi connectivity index (χ1v) is 5.33. The van der Waals surface area contributed by atoms with Crippen molar-refractivity contribution >= 4 is 18.0 Å². The summed E-state index contributed by atoms with van der Waals surface area (Å²) in [7, 11) is 0. The summed E-state index contributed by atoms with van der Waals surface area (Å²) in [4.78, 5) is 25.7. The fraction of sp³-hybridized carbons (Fsp3) is 0.545. The summed E-state index contributed by atoms with van der Waals surface area (Å²) in [5, 5.41) is 9.36. The van der Waals surface area contributed by atoms with Gasteiger partial charge in [0.25, 0.3) is 6.02 Å². The van der Waals surface area contributed by atoms with E-state index < -0.39 is 17.5 Å².